The molecule has 0 aliphatic carbocycles. The van der Waals surface area contributed by atoms with Crippen molar-refractivity contribution in [3.8, 4) is 0 Å². The number of carbonyl (C=O) groups is 1. The van der Waals surface area contributed by atoms with E-state index < -0.39 is 0 Å². The van der Waals surface area contributed by atoms with E-state index in [0.717, 1.165) is 16.4 Å². The molecule has 2 N–H and O–H groups in total. The predicted octanol–water partition coefficient (Wildman–Crippen LogP) is 3.11. The van der Waals surface area contributed by atoms with Gasteiger partial charge in [-0.05, 0) is 18.6 Å². The average Bonchev–Trinajstić information content (AvgIpc) is 3.17. The fraction of sp³-hybridized carbons (Fsp3) is 0.143. The highest BCUT2D eigenvalue weighted by Gasteiger charge is 2.13. The molecule has 0 spiro atoms. The van der Waals surface area contributed by atoms with Crippen molar-refractivity contribution in [1.82, 2.24) is 20.2 Å². The maximum absolute atomic E-state index is 12.4. The highest BCUT2D eigenvalue weighted by Crippen LogP contribution is 2.22. The number of nitrogens with zero attached hydrogens (tertiary/aromatic N) is 3. The summed E-state index contributed by atoms with van der Waals surface area (Å²) in [7, 11) is 0. The standard InChI is InChI=1S/C14H13N5OS2/c1-9-6-21-14(17-9)18-12(20)11-5-3-2-4-10(11)7-22-13-15-8-16-19-13/h2-6,8H,7H2,1H3,(H,15,16,19)(H,17,18,20). The van der Waals surface area contributed by atoms with Crippen LogP contribution in [-0.2, 0) is 5.75 Å². The van der Waals surface area contributed by atoms with Crippen LogP contribution in [0.4, 0.5) is 5.13 Å². The number of aryl methyl sites for hydroxylation is 1. The number of H-pyrrole nitrogens is 1. The fourth-order valence-corrected chi connectivity index (χ4v) is 3.32. The quantitative estimate of drug-likeness (QED) is 0.702. The molecule has 112 valence electrons. The molecule has 22 heavy (non-hydrogen) atoms. The van der Waals surface area contributed by atoms with Crippen LogP contribution in [0.25, 0.3) is 0 Å². The Bertz CT molecular complexity index is 769. The summed E-state index contributed by atoms with van der Waals surface area (Å²) in [5.74, 6) is 0.485. The molecule has 3 aromatic rings. The maximum Gasteiger partial charge on any atom is 0.257 e. The molecule has 0 saturated heterocycles. The third-order valence-corrected chi connectivity index (χ3v) is 4.66. The number of aromatic amines is 1. The molecule has 0 saturated carbocycles. The molecule has 1 amide bonds. The molecule has 0 aliphatic rings. The van der Waals surface area contributed by atoms with Crippen LogP contribution < -0.4 is 5.32 Å². The largest absolute Gasteiger partial charge is 0.298 e. The van der Waals surface area contributed by atoms with E-state index in [1.165, 1.54) is 29.4 Å². The van der Waals surface area contributed by atoms with Gasteiger partial charge in [0.15, 0.2) is 10.3 Å². The Hall–Kier alpha value is -2.19. The van der Waals surface area contributed by atoms with Crippen molar-refractivity contribution in [2.24, 2.45) is 0 Å². The molecule has 8 heteroatoms. The molecule has 0 fully saturated rings. The molecule has 2 aromatic heterocycles. The molecule has 2 heterocycles. The number of thiazole rings is 1. The number of benzene rings is 1. The van der Waals surface area contributed by atoms with E-state index in [1.807, 2.05) is 36.6 Å². The number of hydrogen-bond donors (Lipinski definition) is 2. The van der Waals surface area contributed by atoms with E-state index in [0.29, 0.717) is 16.4 Å². The summed E-state index contributed by atoms with van der Waals surface area (Å²) in [6.07, 6.45) is 1.46. The summed E-state index contributed by atoms with van der Waals surface area (Å²) in [4.78, 5) is 20.7. The molecule has 0 radical (unpaired) electrons. The molecular formula is C14H13N5OS2. The molecule has 0 unspecified atom stereocenters. The number of aromatic nitrogens is 4. The summed E-state index contributed by atoms with van der Waals surface area (Å²) in [6, 6.07) is 7.52. The Kier molecular flexibility index (Phi) is 4.50. The SMILES string of the molecule is Cc1csc(NC(=O)c2ccccc2CSc2ncn[nH]2)n1. The Morgan fingerprint density at radius 2 is 2.27 bits per heavy atom. The van der Waals surface area contributed by atoms with Gasteiger partial charge in [0.1, 0.15) is 6.33 Å². The van der Waals surface area contributed by atoms with Gasteiger partial charge >= 0.3 is 0 Å². The first-order chi connectivity index (χ1) is 10.7. The van der Waals surface area contributed by atoms with Crippen molar-refractivity contribution < 1.29 is 4.79 Å². The lowest BCUT2D eigenvalue weighted by Gasteiger charge is -2.07. The minimum atomic E-state index is -0.150. The third-order valence-electron chi connectivity index (χ3n) is 2.86. The highest BCUT2D eigenvalue weighted by atomic mass is 32.2. The van der Waals surface area contributed by atoms with Crippen molar-refractivity contribution in [2.75, 3.05) is 5.32 Å². The van der Waals surface area contributed by atoms with Crippen molar-refractivity contribution in [2.45, 2.75) is 17.8 Å². The van der Waals surface area contributed by atoms with Crippen LogP contribution in [0.5, 0.6) is 0 Å². The molecule has 6 nitrogen and oxygen atoms in total. The van der Waals surface area contributed by atoms with Gasteiger partial charge in [0.25, 0.3) is 5.91 Å². The number of rotatable bonds is 5. The zero-order valence-corrected chi connectivity index (χ0v) is 13.4. The second-order valence-electron chi connectivity index (χ2n) is 4.48. The molecule has 1 aromatic carbocycles. The number of thioether (sulfide) groups is 1. The van der Waals surface area contributed by atoms with Crippen LogP contribution in [-0.4, -0.2) is 26.1 Å². The zero-order valence-electron chi connectivity index (χ0n) is 11.7. The highest BCUT2D eigenvalue weighted by molar-refractivity contribution is 7.98. The Labute approximate surface area is 135 Å². The van der Waals surface area contributed by atoms with E-state index >= 15 is 0 Å². The molecule has 0 aliphatic heterocycles. The van der Waals surface area contributed by atoms with Crippen molar-refractivity contribution in [3.63, 3.8) is 0 Å². The summed E-state index contributed by atoms with van der Waals surface area (Å²) < 4.78 is 0. The van der Waals surface area contributed by atoms with Crippen LogP contribution in [0.2, 0.25) is 0 Å². The second kappa shape index (κ2) is 6.71. The van der Waals surface area contributed by atoms with Gasteiger partial charge in [-0.1, -0.05) is 30.0 Å². The van der Waals surface area contributed by atoms with Crippen molar-refractivity contribution >= 4 is 34.1 Å². The normalized spacial score (nSPS) is 10.6. The van der Waals surface area contributed by atoms with Crippen molar-refractivity contribution in [1.29, 1.82) is 0 Å². The van der Waals surface area contributed by atoms with E-state index in [2.05, 4.69) is 25.5 Å². The van der Waals surface area contributed by atoms with Gasteiger partial charge in [0.05, 0.1) is 5.69 Å². The average molecular weight is 331 g/mol. The molecular weight excluding hydrogens is 318 g/mol. The summed E-state index contributed by atoms with van der Waals surface area (Å²) in [5.41, 5.74) is 2.48. The first kappa shape index (κ1) is 14.7. The first-order valence-corrected chi connectivity index (χ1v) is 8.38. The number of carbonyl (C=O) groups excluding carboxylic acids is 1. The van der Waals surface area contributed by atoms with Crippen LogP contribution in [0.3, 0.4) is 0 Å². The lowest BCUT2D eigenvalue weighted by Crippen LogP contribution is -2.13. The van der Waals surface area contributed by atoms with Gasteiger partial charge in [-0.25, -0.2) is 9.97 Å². The molecule has 0 bridgehead atoms. The number of nitrogens with one attached hydrogen (secondary N) is 2. The van der Waals surface area contributed by atoms with E-state index in [9.17, 15) is 4.79 Å². The smallest absolute Gasteiger partial charge is 0.257 e. The van der Waals surface area contributed by atoms with Gasteiger partial charge in [-0.15, -0.1) is 11.3 Å². The van der Waals surface area contributed by atoms with E-state index in [-0.39, 0.29) is 5.91 Å². The minimum Gasteiger partial charge on any atom is -0.298 e. The number of anilines is 1. The van der Waals surface area contributed by atoms with Crippen LogP contribution in [0, 0.1) is 6.92 Å². The summed E-state index contributed by atoms with van der Waals surface area (Å²) in [5, 5.41) is 12.7. The zero-order chi connectivity index (χ0) is 15.4. The fourth-order valence-electron chi connectivity index (χ4n) is 1.85. The Morgan fingerprint density at radius 1 is 1.41 bits per heavy atom. The van der Waals surface area contributed by atoms with Gasteiger partial charge in [-0.3, -0.25) is 15.2 Å². The van der Waals surface area contributed by atoms with Crippen molar-refractivity contribution in [3.05, 3.63) is 52.8 Å². The van der Waals surface area contributed by atoms with E-state index in [1.54, 1.807) is 0 Å². The molecule has 3 rings (SSSR count). The molecule has 0 atom stereocenters. The summed E-state index contributed by atoms with van der Waals surface area (Å²) >= 11 is 2.92. The predicted molar refractivity (Wildman–Crippen MR) is 87.2 cm³/mol. The van der Waals surface area contributed by atoms with Gasteiger partial charge in [0, 0.05) is 16.7 Å². The van der Waals surface area contributed by atoms with Gasteiger partial charge in [-0.2, -0.15) is 5.10 Å². The third kappa shape index (κ3) is 3.52. The first-order valence-electron chi connectivity index (χ1n) is 6.52. The second-order valence-corrected chi connectivity index (χ2v) is 6.31. The topological polar surface area (TPSA) is 83.6 Å². The van der Waals surface area contributed by atoms with Gasteiger partial charge in [0.2, 0.25) is 0 Å². The number of hydrogen-bond acceptors (Lipinski definition) is 6. The monoisotopic (exact) mass is 331 g/mol. The summed E-state index contributed by atoms with van der Waals surface area (Å²) in [6.45, 7) is 1.90. The lowest BCUT2D eigenvalue weighted by atomic mass is 10.1. The Balaban J connectivity index is 1.73. The Morgan fingerprint density at radius 3 is 3.00 bits per heavy atom. The lowest BCUT2D eigenvalue weighted by molar-refractivity contribution is 0.102. The minimum absolute atomic E-state index is 0.150. The maximum atomic E-state index is 12.4. The number of amides is 1. The van der Waals surface area contributed by atoms with E-state index in [4.69, 9.17) is 0 Å². The van der Waals surface area contributed by atoms with Crippen LogP contribution in [0.15, 0.2) is 41.1 Å². The van der Waals surface area contributed by atoms with Gasteiger partial charge < -0.3 is 0 Å². The van der Waals surface area contributed by atoms with Crippen LogP contribution in [0.1, 0.15) is 21.6 Å². The van der Waals surface area contributed by atoms with Crippen LogP contribution >= 0.6 is 23.1 Å².